The van der Waals surface area contributed by atoms with Gasteiger partial charge in [0.1, 0.15) is 5.75 Å². The lowest BCUT2D eigenvalue weighted by atomic mass is 10.2. The first kappa shape index (κ1) is 19.2. The molecule has 0 saturated heterocycles. The fourth-order valence-corrected chi connectivity index (χ4v) is 2.54. The first-order chi connectivity index (χ1) is 12.9. The molecule has 8 heteroatoms. The molecule has 2 aromatic carbocycles. The Morgan fingerprint density at radius 2 is 1.96 bits per heavy atom. The molecule has 1 amide bonds. The lowest BCUT2D eigenvalue weighted by molar-refractivity contribution is -0.127. The highest BCUT2D eigenvalue weighted by Crippen LogP contribution is 2.22. The molecule has 1 N–H and O–H groups in total. The molecule has 0 aliphatic heterocycles. The van der Waals surface area contributed by atoms with Crippen LogP contribution in [0.4, 0.5) is 0 Å². The molecule has 140 valence electrons. The van der Waals surface area contributed by atoms with Crippen LogP contribution >= 0.6 is 23.2 Å². The molecule has 3 rings (SSSR count). The van der Waals surface area contributed by atoms with Crippen molar-refractivity contribution >= 4 is 29.1 Å². The number of hydrogen-bond acceptors (Lipinski definition) is 5. The average Bonchev–Trinajstić information content (AvgIpc) is 3.12. The zero-order chi connectivity index (χ0) is 19.4. The summed E-state index contributed by atoms with van der Waals surface area (Å²) in [6.45, 7) is 3.63. The molecular weight excluding hydrogens is 389 g/mol. The van der Waals surface area contributed by atoms with Gasteiger partial charge in [-0.1, -0.05) is 28.4 Å². The van der Waals surface area contributed by atoms with Crippen molar-refractivity contribution in [1.29, 1.82) is 0 Å². The first-order valence-corrected chi connectivity index (χ1v) is 8.97. The number of carbonyl (C=O) groups is 1. The summed E-state index contributed by atoms with van der Waals surface area (Å²) < 4.78 is 10.8. The van der Waals surface area contributed by atoms with E-state index in [-0.39, 0.29) is 12.5 Å². The summed E-state index contributed by atoms with van der Waals surface area (Å²) in [6, 6.07) is 12.3. The number of nitrogens with zero attached hydrogens (tertiary/aromatic N) is 2. The highest BCUT2D eigenvalue weighted by molar-refractivity contribution is 6.31. The van der Waals surface area contributed by atoms with E-state index in [1.54, 1.807) is 49.4 Å². The van der Waals surface area contributed by atoms with Crippen LogP contribution in [0.15, 0.2) is 47.0 Å². The third-order valence-electron chi connectivity index (χ3n) is 3.80. The Labute approximate surface area is 166 Å². The van der Waals surface area contributed by atoms with Gasteiger partial charge in [-0.15, -0.1) is 0 Å². The third-order valence-corrected chi connectivity index (χ3v) is 4.47. The minimum Gasteiger partial charge on any atom is -0.481 e. The second-order valence-corrected chi connectivity index (χ2v) is 6.75. The summed E-state index contributed by atoms with van der Waals surface area (Å²) in [6.07, 6.45) is -0.691. The molecule has 0 unspecified atom stereocenters. The van der Waals surface area contributed by atoms with E-state index in [2.05, 4.69) is 15.5 Å². The molecule has 6 nitrogen and oxygen atoms in total. The number of benzene rings is 2. The molecule has 1 atom stereocenters. The lowest BCUT2D eigenvalue weighted by Crippen LogP contribution is -2.36. The van der Waals surface area contributed by atoms with Gasteiger partial charge in [-0.25, -0.2) is 0 Å². The molecule has 0 radical (unpaired) electrons. The van der Waals surface area contributed by atoms with Gasteiger partial charge in [-0.2, -0.15) is 4.98 Å². The fourth-order valence-electron chi connectivity index (χ4n) is 2.30. The molecule has 0 fully saturated rings. The number of ether oxygens (including phenoxy) is 1. The maximum absolute atomic E-state index is 12.2. The molecule has 27 heavy (non-hydrogen) atoms. The van der Waals surface area contributed by atoms with Crippen molar-refractivity contribution in [1.82, 2.24) is 15.5 Å². The van der Waals surface area contributed by atoms with Crippen molar-refractivity contribution in [3.05, 3.63) is 64.0 Å². The minimum absolute atomic E-state index is 0.104. The molecule has 1 heterocycles. The Morgan fingerprint density at radius 3 is 2.67 bits per heavy atom. The van der Waals surface area contributed by atoms with E-state index in [4.69, 9.17) is 32.5 Å². The summed E-state index contributed by atoms with van der Waals surface area (Å²) in [7, 11) is 0. The predicted octanol–water partition coefficient (Wildman–Crippen LogP) is 4.44. The molecule has 1 aromatic heterocycles. The lowest BCUT2D eigenvalue weighted by Gasteiger charge is -2.14. The quantitative estimate of drug-likeness (QED) is 0.655. The Morgan fingerprint density at radius 1 is 1.22 bits per heavy atom. The smallest absolute Gasteiger partial charge is 0.261 e. The summed E-state index contributed by atoms with van der Waals surface area (Å²) in [5.41, 5.74) is 1.65. The van der Waals surface area contributed by atoms with E-state index in [0.717, 1.165) is 11.1 Å². The van der Waals surface area contributed by atoms with E-state index >= 15 is 0 Å². The zero-order valence-electron chi connectivity index (χ0n) is 14.7. The van der Waals surface area contributed by atoms with Crippen molar-refractivity contribution in [3.63, 3.8) is 0 Å². The second-order valence-electron chi connectivity index (χ2n) is 5.91. The van der Waals surface area contributed by atoms with Crippen LogP contribution < -0.4 is 10.1 Å². The zero-order valence-corrected chi connectivity index (χ0v) is 16.2. The standard InChI is InChI=1S/C19H17Cl2N3O3/c1-11-9-15(7-8-16(11)21)26-12(2)19(25)22-10-17-23-18(24-27-17)13-3-5-14(20)6-4-13/h3-9,12H,10H2,1-2H3,(H,22,25)/t12-/m0/s1. The minimum atomic E-state index is -0.691. The van der Waals surface area contributed by atoms with Crippen LogP contribution in [0.1, 0.15) is 18.4 Å². The Kier molecular flexibility index (Phi) is 5.98. The van der Waals surface area contributed by atoms with Gasteiger partial charge in [0.15, 0.2) is 6.10 Å². The number of nitrogens with one attached hydrogen (secondary N) is 1. The van der Waals surface area contributed by atoms with Crippen LogP contribution in [0.3, 0.4) is 0 Å². The van der Waals surface area contributed by atoms with Crippen molar-refractivity contribution in [2.24, 2.45) is 0 Å². The van der Waals surface area contributed by atoms with Crippen LogP contribution in [-0.2, 0) is 11.3 Å². The molecule has 0 aliphatic rings. The summed E-state index contributed by atoms with van der Waals surface area (Å²) in [4.78, 5) is 16.5. The molecule has 0 spiro atoms. The second kappa shape index (κ2) is 8.41. The highest BCUT2D eigenvalue weighted by Gasteiger charge is 2.16. The van der Waals surface area contributed by atoms with Gasteiger partial charge in [0.2, 0.25) is 11.7 Å². The number of carbonyl (C=O) groups excluding carboxylic acids is 1. The molecule has 0 bridgehead atoms. The largest absolute Gasteiger partial charge is 0.481 e. The van der Waals surface area contributed by atoms with Crippen LogP contribution in [-0.4, -0.2) is 22.2 Å². The molecule has 0 saturated carbocycles. The Bertz CT molecular complexity index is 942. The van der Waals surface area contributed by atoms with Crippen molar-refractivity contribution in [2.75, 3.05) is 0 Å². The van der Waals surface area contributed by atoms with Crippen molar-refractivity contribution in [2.45, 2.75) is 26.5 Å². The third kappa shape index (κ3) is 4.99. The number of rotatable bonds is 6. The van der Waals surface area contributed by atoms with Gasteiger partial charge in [-0.05, 0) is 61.9 Å². The fraction of sp³-hybridized carbons (Fsp3) is 0.211. The topological polar surface area (TPSA) is 77.2 Å². The first-order valence-electron chi connectivity index (χ1n) is 8.21. The number of halogens is 2. The molecule has 0 aliphatic carbocycles. The summed E-state index contributed by atoms with van der Waals surface area (Å²) >= 11 is 11.8. The van der Waals surface area contributed by atoms with Gasteiger partial charge >= 0.3 is 0 Å². The van der Waals surface area contributed by atoms with E-state index in [9.17, 15) is 4.79 Å². The number of aryl methyl sites for hydroxylation is 1. The number of amides is 1. The van der Waals surface area contributed by atoms with Gasteiger partial charge in [0, 0.05) is 15.6 Å². The van der Waals surface area contributed by atoms with Gasteiger partial charge in [0.05, 0.1) is 6.54 Å². The van der Waals surface area contributed by atoms with Gasteiger partial charge in [-0.3, -0.25) is 4.79 Å². The Balaban J connectivity index is 1.55. The molecule has 3 aromatic rings. The average molecular weight is 406 g/mol. The molecular formula is C19H17Cl2N3O3. The van der Waals surface area contributed by atoms with E-state index in [1.807, 2.05) is 6.92 Å². The van der Waals surface area contributed by atoms with E-state index < -0.39 is 6.10 Å². The highest BCUT2D eigenvalue weighted by atomic mass is 35.5. The van der Waals surface area contributed by atoms with Gasteiger partial charge in [0.25, 0.3) is 5.91 Å². The van der Waals surface area contributed by atoms with Gasteiger partial charge < -0.3 is 14.6 Å². The van der Waals surface area contributed by atoms with E-state index in [1.165, 1.54) is 0 Å². The van der Waals surface area contributed by atoms with Crippen LogP contribution in [0.2, 0.25) is 10.0 Å². The van der Waals surface area contributed by atoms with Crippen molar-refractivity contribution in [3.8, 4) is 17.1 Å². The SMILES string of the molecule is Cc1cc(O[C@@H](C)C(=O)NCc2nc(-c3ccc(Cl)cc3)no2)ccc1Cl. The Hall–Kier alpha value is -2.57. The van der Waals surface area contributed by atoms with Crippen LogP contribution in [0.5, 0.6) is 5.75 Å². The van der Waals surface area contributed by atoms with Crippen LogP contribution in [0, 0.1) is 6.92 Å². The van der Waals surface area contributed by atoms with E-state index in [0.29, 0.717) is 27.5 Å². The monoisotopic (exact) mass is 405 g/mol. The van der Waals surface area contributed by atoms with Crippen LogP contribution in [0.25, 0.3) is 11.4 Å². The predicted molar refractivity (Wildman–Crippen MR) is 103 cm³/mol. The number of hydrogen-bond donors (Lipinski definition) is 1. The number of aromatic nitrogens is 2. The van der Waals surface area contributed by atoms with Crippen molar-refractivity contribution < 1.29 is 14.1 Å². The maximum atomic E-state index is 12.2. The summed E-state index contributed by atoms with van der Waals surface area (Å²) in [5, 5.41) is 7.88. The normalized spacial score (nSPS) is 11.9. The maximum Gasteiger partial charge on any atom is 0.261 e. The summed E-state index contributed by atoms with van der Waals surface area (Å²) in [5.74, 6) is 0.996.